The van der Waals surface area contributed by atoms with E-state index in [1.54, 1.807) is 0 Å². The molecule has 0 amide bonds. The first kappa shape index (κ1) is 11.2. The first-order chi connectivity index (χ1) is 7.16. The highest BCUT2D eigenvalue weighted by Crippen LogP contribution is 2.24. The monoisotopic (exact) mass is 267 g/mol. The molecule has 0 aliphatic carbocycles. The Morgan fingerprint density at radius 3 is 2.87 bits per heavy atom. The lowest BCUT2D eigenvalue weighted by molar-refractivity contribution is 0.578. The van der Waals surface area contributed by atoms with Gasteiger partial charge in [-0.3, -0.25) is 0 Å². The smallest absolute Gasteiger partial charge is 0.0180 e. The van der Waals surface area contributed by atoms with Crippen molar-refractivity contribution >= 4 is 15.9 Å². The van der Waals surface area contributed by atoms with Gasteiger partial charge in [0.1, 0.15) is 0 Å². The molecule has 1 saturated heterocycles. The van der Waals surface area contributed by atoms with E-state index in [-0.39, 0.29) is 0 Å². The molecule has 1 aromatic carbocycles. The van der Waals surface area contributed by atoms with Crippen LogP contribution in [0.15, 0.2) is 16.6 Å². The van der Waals surface area contributed by atoms with E-state index in [2.05, 4.69) is 47.2 Å². The minimum atomic E-state index is 0.831. The molecular formula is C13H18BrN. The largest absolute Gasteiger partial charge is 0.316 e. The molecule has 1 aliphatic heterocycles. The van der Waals surface area contributed by atoms with Gasteiger partial charge in [0.15, 0.2) is 0 Å². The number of benzene rings is 1. The van der Waals surface area contributed by atoms with Gasteiger partial charge in [0, 0.05) is 4.47 Å². The molecule has 1 atom stereocenters. The van der Waals surface area contributed by atoms with Crippen molar-refractivity contribution in [3.63, 3.8) is 0 Å². The number of rotatable bonds is 2. The van der Waals surface area contributed by atoms with Crippen molar-refractivity contribution in [3.05, 3.63) is 33.3 Å². The summed E-state index contributed by atoms with van der Waals surface area (Å²) in [4.78, 5) is 0. The van der Waals surface area contributed by atoms with Gasteiger partial charge in [-0.2, -0.15) is 0 Å². The number of aryl methyl sites for hydroxylation is 1. The zero-order valence-electron chi connectivity index (χ0n) is 9.44. The third-order valence-electron chi connectivity index (χ3n) is 3.41. The highest BCUT2D eigenvalue weighted by atomic mass is 79.9. The van der Waals surface area contributed by atoms with E-state index in [1.165, 1.54) is 47.1 Å². The van der Waals surface area contributed by atoms with Crippen LogP contribution >= 0.6 is 15.9 Å². The summed E-state index contributed by atoms with van der Waals surface area (Å²) in [5, 5.41) is 3.43. The summed E-state index contributed by atoms with van der Waals surface area (Å²) in [6, 6.07) is 4.48. The van der Waals surface area contributed by atoms with Gasteiger partial charge in [0.2, 0.25) is 0 Å². The fourth-order valence-electron chi connectivity index (χ4n) is 2.30. The van der Waals surface area contributed by atoms with Crippen LogP contribution in [0.25, 0.3) is 0 Å². The Morgan fingerprint density at radius 1 is 1.40 bits per heavy atom. The maximum absolute atomic E-state index is 3.58. The Labute approximate surface area is 100 Å². The van der Waals surface area contributed by atoms with Crippen molar-refractivity contribution in [3.8, 4) is 0 Å². The van der Waals surface area contributed by atoms with Gasteiger partial charge in [-0.25, -0.2) is 0 Å². The van der Waals surface area contributed by atoms with Gasteiger partial charge in [0.25, 0.3) is 0 Å². The molecule has 1 aliphatic rings. The van der Waals surface area contributed by atoms with Crippen LogP contribution in [0.3, 0.4) is 0 Å². The normalized spacial score (nSPS) is 20.9. The van der Waals surface area contributed by atoms with Crippen LogP contribution in [-0.2, 0) is 6.42 Å². The fraction of sp³-hybridized carbons (Fsp3) is 0.538. The van der Waals surface area contributed by atoms with E-state index in [4.69, 9.17) is 0 Å². The third kappa shape index (κ3) is 2.61. The Hall–Kier alpha value is -0.340. The van der Waals surface area contributed by atoms with Gasteiger partial charge in [-0.05, 0) is 74.5 Å². The van der Waals surface area contributed by atoms with E-state index in [0.717, 1.165) is 5.92 Å². The van der Waals surface area contributed by atoms with Crippen LogP contribution in [0.2, 0.25) is 0 Å². The molecule has 1 N–H and O–H groups in total. The first-order valence-electron chi connectivity index (χ1n) is 5.63. The molecule has 1 nitrogen and oxygen atoms in total. The first-order valence-corrected chi connectivity index (χ1v) is 6.42. The minimum absolute atomic E-state index is 0.831. The lowest BCUT2D eigenvalue weighted by atomic mass is 9.93. The summed E-state index contributed by atoms with van der Waals surface area (Å²) in [7, 11) is 0. The second-order valence-corrected chi connectivity index (χ2v) is 5.49. The van der Waals surface area contributed by atoms with Crippen LogP contribution in [0.5, 0.6) is 0 Å². The van der Waals surface area contributed by atoms with Crippen molar-refractivity contribution in [2.75, 3.05) is 13.1 Å². The molecule has 82 valence electrons. The van der Waals surface area contributed by atoms with Crippen LogP contribution in [0.4, 0.5) is 0 Å². The van der Waals surface area contributed by atoms with E-state index >= 15 is 0 Å². The van der Waals surface area contributed by atoms with Gasteiger partial charge < -0.3 is 5.32 Å². The maximum atomic E-state index is 3.58. The van der Waals surface area contributed by atoms with Crippen LogP contribution in [0.1, 0.15) is 23.1 Å². The molecule has 1 aromatic rings. The summed E-state index contributed by atoms with van der Waals surface area (Å²) >= 11 is 3.58. The predicted molar refractivity (Wildman–Crippen MR) is 68.3 cm³/mol. The van der Waals surface area contributed by atoms with Crippen LogP contribution < -0.4 is 5.32 Å². The van der Waals surface area contributed by atoms with Crippen LogP contribution in [-0.4, -0.2) is 13.1 Å². The van der Waals surface area contributed by atoms with Crippen molar-refractivity contribution in [2.24, 2.45) is 5.92 Å². The molecule has 2 rings (SSSR count). The molecule has 0 bridgehead atoms. The molecule has 1 unspecified atom stereocenters. The summed E-state index contributed by atoms with van der Waals surface area (Å²) in [5.41, 5.74) is 4.37. The van der Waals surface area contributed by atoms with E-state index in [9.17, 15) is 0 Å². The molecule has 2 heteroatoms. The number of nitrogens with one attached hydrogen (secondary N) is 1. The quantitative estimate of drug-likeness (QED) is 0.868. The lowest BCUT2D eigenvalue weighted by Crippen LogP contribution is -2.11. The number of hydrogen-bond donors (Lipinski definition) is 1. The topological polar surface area (TPSA) is 12.0 Å². The standard InChI is InChI=1S/C13H18BrN/c1-9-5-13(14)7-12(10(9)2)6-11-3-4-15-8-11/h5,7,11,15H,3-4,6,8H2,1-2H3. The summed E-state index contributed by atoms with van der Waals surface area (Å²) in [5.74, 6) is 0.831. The molecular weight excluding hydrogens is 250 g/mol. The minimum Gasteiger partial charge on any atom is -0.316 e. The Balaban J connectivity index is 2.19. The predicted octanol–water partition coefficient (Wildman–Crippen LogP) is 3.22. The van der Waals surface area contributed by atoms with Crippen molar-refractivity contribution < 1.29 is 0 Å². The SMILES string of the molecule is Cc1cc(Br)cc(CC2CCNC2)c1C. The molecule has 0 aromatic heterocycles. The Bertz CT molecular complexity index is 354. The third-order valence-corrected chi connectivity index (χ3v) is 3.87. The zero-order chi connectivity index (χ0) is 10.8. The zero-order valence-corrected chi connectivity index (χ0v) is 11.0. The fourth-order valence-corrected chi connectivity index (χ4v) is 2.92. The second-order valence-electron chi connectivity index (χ2n) is 4.57. The average molecular weight is 268 g/mol. The summed E-state index contributed by atoms with van der Waals surface area (Å²) in [6.45, 7) is 6.80. The highest BCUT2D eigenvalue weighted by molar-refractivity contribution is 9.10. The average Bonchev–Trinajstić information content (AvgIpc) is 2.66. The second kappa shape index (κ2) is 4.67. The summed E-state index contributed by atoms with van der Waals surface area (Å²) < 4.78 is 1.21. The van der Waals surface area contributed by atoms with Crippen molar-refractivity contribution in [2.45, 2.75) is 26.7 Å². The van der Waals surface area contributed by atoms with Gasteiger partial charge >= 0.3 is 0 Å². The molecule has 0 radical (unpaired) electrons. The number of hydrogen-bond acceptors (Lipinski definition) is 1. The van der Waals surface area contributed by atoms with Crippen LogP contribution in [0, 0.1) is 19.8 Å². The molecule has 0 saturated carbocycles. The van der Waals surface area contributed by atoms with Crippen molar-refractivity contribution in [1.82, 2.24) is 5.32 Å². The highest BCUT2D eigenvalue weighted by Gasteiger charge is 2.16. The van der Waals surface area contributed by atoms with Gasteiger partial charge in [-0.15, -0.1) is 0 Å². The molecule has 1 heterocycles. The van der Waals surface area contributed by atoms with E-state index in [1.807, 2.05) is 0 Å². The molecule has 1 fully saturated rings. The Kier molecular flexibility index (Phi) is 3.47. The molecule has 0 spiro atoms. The van der Waals surface area contributed by atoms with Crippen molar-refractivity contribution in [1.29, 1.82) is 0 Å². The van der Waals surface area contributed by atoms with Gasteiger partial charge in [-0.1, -0.05) is 15.9 Å². The van der Waals surface area contributed by atoms with E-state index < -0.39 is 0 Å². The van der Waals surface area contributed by atoms with Gasteiger partial charge in [0.05, 0.1) is 0 Å². The molecule has 15 heavy (non-hydrogen) atoms. The maximum Gasteiger partial charge on any atom is 0.0180 e. The number of halogens is 1. The lowest BCUT2D eigenvalue weighted by Gasteiger charge is -2.13. The van der Waals surface area contributed by atoms with E-state index in [0.29, 0.717) is 0 Å². The Morgan fingerprint density at radius 2 is 2.20 bits per heavy atom. The summed E-state index contributed by atoms with van der Waals surface area (Å²) in [6.07, 6.45) is 2.55.